The first-order chi connectivity index (χ1) is 16.3. The monoisotopic (exact) mass is 485 g/mol. The summed E-state index contributed by atoms with van der Waals surface area (Å²) < 4.78 is 17.8. The van der Waals surface area contributed by atoms with E-state index in [4.69, 9.17) is 25.8 Å². The molecule has 0 unspecified atom stereocenters. The number of ether oxygens (including phenoxy) is 3. The van der Waals surface area contributed by atoms with E-state index in [1.165, 1.54) is 14.2 Å². The normalized spacial score (nSPS) is 11.2. The van der Waals surface area contributed by atoms with Crippen molar-refractivity contribution in [1.29, 1.82) is 0 Å². The highest BCUT2D eigenvalue weighted by Crippen LogP contribution is 2.29. The average molecular weight is 486 g/mol. The Hall–Kier alpha value is -3.72. The molecule has 0 aliphatic carbocycles. The van der Waals surface area contributed by atoms with Crippen LogP contribution in [0.1, 0.15) is 27.3 Å². The molecule has 9 nitrogen and oxygen atoms in total. The number of rotatable bonds is 7. The number of aliphatic imine (C=N–C) groups is 1. The number of nitrogens with zero attached hydrogens (tertiary/aromatic N) is 3. The molecule has 0 saturated heterocycles. The van der Waals surface area contributed by atoms with Gasteiger partial charge in [-0.05, 0) is 50.2 Å². The highest BCUT2D eigenvalue weighted by atomic mass is 35.5. The molecule has 2 aromatic carbocycles. The van der Waals surface area contributed by atoms with Gasteiger partial charge in [-0.25, -0.2) is 4.99 Å². The van der Waals surface area contributed by atoms with Crippen molar-refractivity contribution in [2.24, 2.45) is 12.0 Å². The highest BCUT2D eigenvalue weighted by Gasteiger charge is 2.16. The lowest BCUT2D eigenvalue weighted by atomic mass is 10.2. The molecule has 1 amide bonds. The number of hydrogen-bond donors (Lipinski definition) is 2. The van der Waals surface area contributed by atoms with E-state index in [2.05, 4.69) is 20.7 Å². The van der Waals surface area contributed by atoms with Crippen molar-refractivity contribution in [1.82, 2.24) is 15.1 Å². The van der Waals surface area contributed by atoms with E-state index in [1.807, 2.05) is 20.9 Å². The Bertz CT molecular complexity index is 1220. The Balaban J connectivity index is 1.94. The fourth-order valence-electron chi connectivity index (χ4n) is 3.38. The van der Waals surface area contributed by atoms with Gasteiger partial charge in [0.2, 0.25) is 5.96 Å². The number of methoxy groups -OCH3 is 3. The zero-order chi connectivity index (χ0) is 24.8. The van der Waals surface area contributed by atoms with E-state index in [0.717, 1.165) is 17.0 Å². The van der Waals surface area contributed by atoms with Gasteiger partial charge >= 0.3 is 0 Å². The standard InChI is InChI=1S/C24H28ClN5O4/c1-14-18(15(2)30(3)29-14)13-26-24(27-19-12-17(25)8-10-20(19)32-4)28-23(31)16-7-9-21(33-5)22(11-16)34-6/h7-12H,13H2,1-6H3,(H2,26,27,28,31). The Labute approximate surface area is 203 Å². The molecule has 1 aromatic heterocycles. The second-order valence-electron chi connectivity index (χ2n) is 7.43. The lowest BCUT2D eigenvalue weighted by Crippen LogP contribution is -2.36. The molecule has 0 aliphatic rings. The summed E-state index contributed by atoms with van der Waals surface area (Å²) in [4.78, 5) is 17.7. The SMILES string of the molecule is COc1ccc(Cl)cc1NC(=NCc1c(C)nn(C)c1C)NC(=O)c1ccc(OC)c(OC)c1. The number of benzene rings is 2. The second-order valence-corrected chi connectivity index (χ2v) is 7.87. The van der Waals surface area contributed by atoms with Gasteiger partial charge in [-0.15, -0.1) is 0 Å². The van der Waals surface area contributed by atoms with Crippen LogP contribution in [0.3, 0.4) is 0 Å². The number of carbonyl (C=O) groups is 1. The third-order valence-corrected chi connectivity index (χ3v) is 5.58. The van der Waals surface area contributed by atoms with Gasteiger partial charge in [-0.2, -0.15) is 5.10 Å². The number of aromatic nitrogens is 2. The fourth-order valence-corrected chi connectivity index (χ4v) is 3.55. The molecule has 0 spiro atoms. The summed E-state index contributed by atoms with van der Waals surface area (Å²) >= 11 is 6.18. The molecule has 10 heteroatoms. The summed E-state index contributed by atoms with van der Waals surface area (Å²) in [6, 6.07) is 10.0. The van der Waals surface area contributed by atoms with Gasteiger partial charge in [-0.1, -0.05) is 11.6 Å². The van der Waals surface area contributed by atoms with Gasteiger partial charge in [0.05, 0.1) is 39.3 Å². The fraction of sp³-hybridized carbons (Fsp3) is 0.292. The van der Waals surface area contributed by atoms with E-state index in [0.29, 0.717) is 40.1 Å². The molecule has 3 rings (SSSR count). The van der Waals surface area contributed by atoms with Crippen LogP contribution < -0.4 is 24.8 Å². The summed E-state index contributed by atoms with van der Waals surface area (Å²) in [7, 11) is 6.48. The van der Waals surface area contributed by atoms with Crippen molar-refractivity contribution in [2.45, 2.75) is 20.4 Å². The van der Waals surface area contributed by atoms with Crippen molar-refractivity contribution in [3.05, 3.63) is 63.9 Å². The Morgan fingerprint density at radius 3 is 2.32 bits per heavy atom. The first-order valence-electron chi connectivity index (χ1n) is 10.4. The molecule has 2 N–H and O–H groups in total. The maximum Gasteiger partial charge on any atom is 0.258 e. The molecular weight excluding hydrogens is 458 g/mol. The smallest absolute Gasteiger partial charge is 0.258 e. The number of guanidine groups is 1. The first kappa shape index (κ1) is 24.9. The van der Waals surface area contributed by atoms with E-state index < -0.39 is 0 Å². The minimum Gasteiger partial charge on any atom is -0.495 e. The van der Waals surface area contributed by atoms with Crippen LogP contribution >= 0.6 is 11.6 Å². The summed E-state index contributed by atoms with van der Waals surface area (Å²) in [5.74, 6) is 1.36. The van der Waals surface area contributed by atoms with Gasteiger partial charge < -0.3 is 19.5 Å². The number of carbonyl (C=O) groups excluding carboxylic acids is 1. The topological polar surface area (TPSA) is 99.0 Å². The highest BCUT2D eigenvalue weighted by molar-refractivity contribution is 6.31. The van der Waals surface area contributed by atoms with Crippen LogP contribution in [-0.2, 0) is 13.6 Å². The maximum absolute atomic E-state index is 13.1. The number of nitrogens with one attached hydrogen (secondary N) is 2. The van der Waals surface area contributed by atoms with Crippen LogP contribution in [0.2, 0.25) is 5.02 Å². The molecule has 34 heavy (non-hydrogen) atoms. The van der Waals surface area contributed by atoms with Crippen molar-refractivity contribution in [3.63, 3.8) is 0 Å². The summed E-state index contributed by atoms with van der Waals surface area (Å²) in [5, 5.41) is 10.9. The average Bonchev–Trinajstić information content (AvgIpc) is 3.07. The molecule has 0 saturated carbocycles. The number of amides is 1. The summed E-state index contributed by atoms with van der Waals surface area (Å²) in [5.41, 5.74) is 3.77. The van der Waals surface area contributed by atoms with Crippen LogP contribution in [0.5, 0.6) is 17.2 Å². The number of halogens is 1. The Kier molecular flexibility index (Phi) is 8.01. The van der Waals surface area contributed by atoms with Crippen molar-refractivity contribution < 1.29 is 19.0 Å². The second kappa shape index (κ2) is 10.9. The van der Waals surface area contributed by atoms with Crippen molar-refractivity contribution in [3.8, 4) is 17.2 Å². The van der Waals surface area contributed by atoms with E-state index >= 15 is 0 Å². The lowest BCUT2D eigenvalue weighted by molar-refractivity contribution is 0.0976. The van der Waals surface area contributed by atoms with Gasteiger partial charge in [-0.3, -0.25) is 14.8 Å². The van der Waals surface area contributed by atoms with E-state index in [9.17, 15) is 4.79 Å². The molecule has 0 aliphatic heterocycles. The van der Waals surface area contributed by atoms with Crippen LogP contribution in [0.15, 0.2) is 41.4 Å². The van der Waals surface area contributed by atoms with Crippen LogP contribution in [0.25, 0.3) is 0 Å². The van der Waals surface area contributed by atoms with Crippen LogP contribution in [-0.4, -0.2) is 43.0 Å². The van der Waals surface area contributed by atoms with Crippen LogP contribution in [0, 0.1) is 13.8 Å². The Morgan fingerprint density at radius 1 is 1.03 bits per heavy atom. The molecular formula is C24H28ClN5O4. The minimum absolute atomic E-state index is 0.225. The largest absolute Gasteiger partial charge is 0.495 e. The van der Waals surface area contributed by atoms with E-state index in [1.54, 1.807) is 48.2 Å². The Morgan fingerprint density at radius 2 is 1.71 bits per heavy atom. The number of aryl methyl sites for hydroxylation is 2. The molecule has 0 radical (unpaired) electrons. The third kappa shape index (κ3) is 5.60. The summed E-state index contributed by atoms with van der Waals surface area (Å²) in [6.45, 7) is 4.20. The molecule has 3 aromatic rings. The summed E-state index contributed by atoms with van der Waals surface area (Å²) in [6.07, 6.45) is 0. The van der Waals surface area contributed by atoms with Gasteiger partial charge in [0.25, 0.3) is 5.91 Å². The number of anilines is 1. The maximum atomic E-state index is 13.1. The molecule has 0 fully saturated rings. The molecule has 1 heterocycles. The number of hydrogen-bond acceptors (Lipinski definition) is 6. The van der Waals surface area contributed by atoms with Crippen LogP contribution in [0.4, 0.5) is 5.69 Å². The first-order valence-corrected chi connectivity index (χ1v) is 10.8. The van der Waals surface area contributed by atoms with Crippen molar-refractivity contribution in [2.75, 3.05) is 26.6 Å². The predicted octanol–water partition coefficient (Wildman–Crippen LogP) is 4.11. The third-order valence-electron chi connectivity index (χ3n) is 5.35. The van der Waals surface area contributed by atoms with E-state index in [-0.39, 0.29) is 11.9 Å². The quantitative estimate of drug-likeness (QED) is 0.386. The predicted molar refractivity (Wildman–Crippen MR) is 132 cm³/mol. The van der Waals surface area contributed by atoms with Gasteiger partial charge in [0, 0.05) is 28.9 Å². The van der Waals surface area contributed by atoms with Gasteiger partial charge in [0.15, 0.2) is 11.5 Å². The zero-order valence-corrected chi connectivity index (χ0v) is 20.8. The minimum atomic E-state index is -0.382. The molecule has 180 valence electrons. The molecule has 0 atom stereocenters. The lowest BCUT2D eigenvalue weighted by Gasteiger charge is -2.15. The van der Waals surface area contributed by atoms with Crippen molar-refractivity contribution >= 4 is 29.2 Å². The molecule has 0 bridgehead atoms. The van der Waals surface area contributed by atoms with Gasteiger partial charge in [0.1, 0.15) is 5.75 Å². The zero-order valence-electron chi connectivity index (χ0n) is 20.0.